The zero-order valence-corrected chi connectivity index (χ0v) is 17.9. The van der Waals surface area contributed by atoms with Crippen molar-refractivity contribution < 1.29 is 14.4 Å². The Morgan fingerprint density at radius 1 is 1.10 bits per heavy atom. The minimum Gasteiger partial charge on any atom is -0.369 e. The Bertz CT molecular complexity index is 944. The summed E-state index contributed by atoms with van der Waals surface area (Å²) >= 11 is 0. The summed E-state index contributed by atoms with van der Waals surface area (Å²) in [5.41, 5.74) is 8.73. The van der Waals surface area contributed by atoms with Gasteiger partial charge in [-0.1, -0.05) is 36.4 Å². The maximum absolute atomic E-state index is 12.4. The number of carbonyl (C=O) groups is 3. The van der Waals surface area contributed by atoms with Gasteiger partial charge in [-0.25, -0.2) is 0 Å². The van der Waals surface area contributed by atoms with Crippen LogP contribution < -0.4 is 16.4 Å². The number of piperidine rings is 1. The first-order valence-electron chi connectivity index (χ1n) is 10.7. The van der Waals surface area contributed by atoms with Crippen molar-refractivity contribution in [1.82, 2.24) is 10.2 Å². The summed E-state index contributed by atoms with van der Waals surface area (Å²) in [7, 11) is 0. The maximum Gasteiger partial charge on any atom is 0.251 e. The van der Waals surface area contributed by atoms with Gasteiger partial charge in [0, 0.05) is 37.3 Å². The van der Waals surface area contributed by atoms with Gasteiger partial charge in [-0.2, -0.15) is 0 Å². The monoisotopic (exact) mass is 422 g/mol. The second kappa shape index (κ2) is 10.7. The number of likely N-dealkylation sites (tertiary alicyclic amines) is 1. The van der Waals surface area contributed by atoms with Crippen molar-refractivity contribution in [3.8, 4) is 0 Å². The summed E-state index contributed by atoms with van der Waals surface area (Å²) in [5.74, 6) is -0.710. The van der Waals surface area contributed by atoms with Gasteiger partial charge in [0.2, 0.25) is 11.8 Å². The van der Waals surface area contributed by atoms with Crippen molar-refractivity contribution >= 4 is 23.4 Å². The third-order valence-electron chi connectivity index (χ3n) is 5.62. The molecule has 7 heteroatoms. The van der Waals surface area contributed by atoms with Crippen LogP contribution in [0.15, 0.2) is 48.5 Å². The number of anilines is 1. The lowest BCUT2D eigenvalue weighted by Gasteiger charge is -2.31. The van der Waals surface area contributed by atoms with E-state index in [1.54, 1.807) is 6.07 Å². The summed E-state index contributed by atoms with van der Waals surface area (Å²) in [6.45, 7) is 4.32. The van der Waals surface area contributed by atoms with Crippen LogP contribution in [0.25, 0.3) is 0 Å². The smallest absolute Gasteiger partial charge is 0.251 e. The molecule has 1 unspecified atom stereocenters. The number of aryl methyl sites for hydroxylation is 1. The number of rotatable bonds is 8. The number of amides is 3. The van der Waals surface area contributed by atoms with Gasteiger partial charge in [0.15, 0.2) is 0 Å². The Labute approximate surface area is 183 Å². The lowest BCUT2D eigenvalue weighted by Crippen LogP contribution is -2.40. The van der Waals surface area contributed by atoms with Crippen molar-refractivity contribution in [3.63, 3.8) is 0 Å². The lowest BCUT2D eigenvalue weighted by molar-refractivity contribution is -0.123. The van der Waals surface area contributed by atoms with Crippen LogP contribution in [0, 0.1) is 12.8 Å². The minimum atomic E-state index is -0.251. The van der Waals surface area contributed by atoms with Crippen molar-refractivity contribution in [2.75, 3.05) is 25.0 Å². The average Bonchev–Trinajstić information content (AvgIpc) is 2.75. The molecule has 4 N–H and O–H groups in total. The van der Waals surface area contributed by atoms with E-state index >= 15 is 0 Å². The number of benzene rings is 2. The molecule has 7 nitrogen and oxygen atoms in total. The van der Waals surface area contributed by atoms with E-state index in [4.69, 9.17) is 5.73 Å². The molecule has 2 aromatic rings. The number of carbonyl (C=O) groups excluding carboxylic acids is 3. The molecule has 1 aliphatic heterocycles. The number of primary amides is 1. The molecule has 1 heterocycles. The van der Waals surface area contributed by atoms with E-state index in [0.717, 1.165) is 36.2 Å². The highest BCUT2D eigenvalue weighted by molar-refractivity contribution is 5.96. The van der Waals surface area contributed by atoms with Crippen LogP contribution in [0.2, 0.25) is 0 Å². The molecule has 1 aliphatic rings. The van der Waals surface area contributed by atoms with E-state index in [-0.39, 0.29) is 36.6 Å². The molecular formula is C24H30N4O3. The Morgan fingerprint density at radius 3 is 2.61 bits per heavy atom. The van der Waals surface area contributed by atoms with Gasteiger partial charge in [0.05, 0.1) is 5.92 Å². The van der Waals surface area contributed by atoms with Crippen molar-refractivity contribution in [2.24, 2.45) is 11.7 Å². The molecule has 164 valence electrons. The predicted octanol–water partition coefficient (Wildman–Crippen LogP) is 2.45. The third-order valence-corrected chi connectivity index (χ3v) is 5.62. The van der Waals surface area contributed by atoms with Gasteiger partial charge in [-0.05, 0) is 49.6 Å². The Balaban J connectivity index is 1.52. The number of nitrogens with two attached hydrogens (primary N) is 1. The van der Waals surface area contributed by atoms with Crippen LogP contribution in [-0.2, 0) is 16.1 Å². The topological polar surface area (TPSA) is 105 Å². The summed E-state index contributed by atoms with van der Waals surface area (Å²) in [5, 5.41) is 5.75. The number of nitrogens with zero attached hydrogens (tertiary/aromatic N) is 1. The van der Waals surface area contributed by atoms with Crippen LogP contribution in [0.3, 0.4) is 0 Å². The summed E-state index contributed by atoms with van der Waals surface area (Å²) in [6.07, 6.45) is 1.95. The lowest BCUT2D eigenvalue weighted by atomic mass is 9.97. The van der Waals surface area contributed by atoms with Gasteiger partial charge < -0.3 is 16.4 Å². The fourth-order valence-corrected chi connectivity index (χ4v) is 3.88. The zero-order valence-electron chi connectivity index (χ0n) is 17.9. The van der Waals surface area contributed by atoms with Gasteiger partial charge in [0.25, 0.3) is 5.91 Å². The maximum atomic E-state index is 12.4. The first-order valence-corrected chi connectivity index (χ1v) is 10.7. The van der Waals surface area contributed by atoms with Crippen LogP contribution >= 0.6 is 0 Å². The van der Waals surface area contributed by atoms with Crippen LogP contribution in [0.1, 0.15) is 40.7 Å². The number of para-hydroxylation sites is 1. The Kier molecular flexibility index (Phi) is 7.78. The molecule has 1 saturated heterocycles. The molecule has 1 fully saturated rings. The molecule has 1 atom stereocenters. The molecule has 0 aliphatic carbocycles. The molecular weight excluding hydrogens is 392 g/mol. The second-order valence-electron chi connectivity index (χ2n) is 8.00. The summed E-state index contributed by atoms with van der Waals surface area (Å²) in [4.78, 5) is 38.5. The van der Waals surface area contributed by atoms with Crippen molar-refractivity contribution in [3.05, 3.63) is 65.2 Å². The van der Waals surface area contributed by atoms with Crippen molar-refractivity contribution in [2.45, 2.75) is 32.7 Å². The number of nitrogens with one attached hydrogen (secondary N) is 2. The zero-order chi connectivity index (χ0) is 22.2. The van der Waals surface area contributed by atoms with Gasteiger partial charge in [0.1, 0.15) is 0 Å². The molecule has 31 heavy (non-hydrogen) atoms. The summed E-state index contributed by atoms with van der Waals surface area (Å²) < 4.78 is 0. The Morgan fingerprint density at radius 2 is 1.84 bits per heavy atom. The van der Waals surface area contributed by atoms with E-state index in [9.17, 15) is 14.4 Å². The second-order valence-corrected chi connectivity index (χ2v) is 8.00. The normalized spacial score (nSPS) is 16.5. The summed E-state index contributed by atoms with van der Waals surface area (Å²) in [6, 6.07) is 15.0. The quantitative estimate of drug-likeness (QED) is 0.608. The van der Waals surface area contributed by atoms with Gasteiger partial charge in [-0.15, -0.1) is 0 Å². The molecule has 3 amide bonds. The fraction of sp³-hybridized carbons (Fsp3) is 0.375. The highest BCUT2D eigenvalue weighted by Gasteiger charge is 2.24. The molecule has 2 aromatic carbocycles. The van der Waals surface area contributed by atoms with Crippen LogP contribution in [0.5, 0.6) is 0 Å². The van der Waals surface area contributed by atoms with Crippen molar-refractivity contribution in [1.29, 1.82) is 0 Å². The fourth-order valence-electron chi connectivity index (χ4n) is 3.88. The molecule has 0 saturated carbocycles. The van der Waals surface area contributed by atoms with E-state index in [2.05, 4.69) is 15.5 Å². The molecule has 3 rings (SSSR count). The number of hydrogen-bond donors (Lipinski definition) is 3. The molecule has 0 aromatic heterocycles. The first-order chi connectivity index (χ1) is 14.9. The van der Waals surface area contributed by atoms with Gasteiger partial charge in [-0.3, -0.25) is 19.3 Å². The average molecular weight is 423 g/mol. The van der Waals surface area contributed by atoms with Crippen LogP contribution in [0.4, 0.5) is 5.69 Å². The standard InChI is InChI=1S/C24H30N4O3/c1-17-7-2-4-10-20(17)24(31)26-13-12-22(29)27-21-11-5-3-8-18(21)15-28-14-6-9-19(16-28)23(25)30/h2-5,7-8,10-11,19H,6,9,12-16H2,1H3,(H2,25,30)(H,26,31)(H,27,29). The highest BCUT2D eigenvalue weighted by Crippen LogP contribution is 2.22. The van der Waals surface area contributed by atoms with E-state index in [0.29, 0.717) is 18.7 Å². The Hall–Kier alpha value is -3.19. The van der Waals surface area contributed by atoms with E-state index in [1.807, 2.05) is 49.4 Å². The predicted molar refractivity (Wildman–Crippen MR) is 120 cm³/mol. The largest absolute Gasteiger partial charge is 0.369 e. The van der Waals surface area contributed by atoms with Gasteiger partial charge >= 0.3 is 0 Å². The third kappa shape index (κ3) is 6.39. The molecule has 0 bridgehead atoms. The van der Waals surface area contributed by atoms with E-state index < -0.39 is 0 Å². The van der Waals surface area contributed by atoms with E-state index in [1.165, 1.54) is 0 Å². The first kappa shape index (κ1) is 22.5. The SMILES string of the molecule is Cc1ccccc1C(=O)NCCC(=O)Nc1ccccc1CN1CCCC(C(N)=O)C1. The molecule has 0 spiro atoms. The minimum absolute atomic E-state index is 0.118. The number of hydrogen-bond acceptors (Lipinski definition) is 4. The van der Waals surface area contributed by atoms with Crippen LogP contribution in [-0.4, -0.2) is 42.3 Å². The highest BCUT2D eigenvalue weighted by atomic mass is 16.2. The molecule has 0 radical (unpaired) electrons.